The van der Waals surface area contributed by atoms with E-state index in [2.05, 4.69) is 21.2 Å². The van der Waals surface area contributed by atoms with Gasteiger partial charge in [-0.15, -0.1) is 0 Å². The molecule has 0 radical (unpaired) electrons. The zero-order valence-corrected chi connectivity index (χ0v) is 15.2. The molecule has 2 rings (SSSR count). The number of carbonyl (C=O) groups is 2. The van der Waals surface area contributed by atoms with Crippen LogP contribution in [0.3, 0.4) is 0 Å². The molecule has 0 saturated carbocycles. The Balaban J connectivity index is 1.83. The third-order valence-electron chi connectivity index (χ3n) is 3.31. The summed E-state index contributed by atoms with van der Waals surface area (Å²) in [5.74, 6) is 0. The number of ether oxygens (including phenoxy) is 1. The lowest BCUT2D eigenvalue weighted by atomic mass is 10.2. The van der Waals surface area contributed by atoms with E-state index in [1.54, 1.807) is 9.80 Å². The summed E-state index contributed by atoms with van der Waals surface area (Å²) in [6, 6.07) is 7.25. The second kappa shape index (κ2) is 7.21. The second-order valence-corrected chi connectivity index (χ2v) is 7.31. The summed E-state index contributed by atoms with van der Waals surface area (Å²) in [5.41, 5.74) is 0.237. The lowest BCUT2D eigenvalue weighted by Gasteiger charge is -2.35. The van der Waals surface area contributed by atoms with Crippen molar-refractivity contribution < 1.29 is 14.3 Å². The van der Waals surface area contributed by atoms with Gasteiger partial charge in [-0.3, -0.25) is 0 Å². The number of amides is 3. The lowest BCUT2D eigenvalue weighted by Crippen LogP contribution is -2.52. The van der Waals surface area contributed by atoms with E-state index in [4.69, 9.17) is 4.74 Å². The van der Waals surface area contributed by atoms with E-state index in [0.29, 0.717) is 26.2 Å². The first-order valence-corrected chi connectivity index (χ1v) is 8.33. The van der Waals surface area contributed by atoms with Crippen molar-refractivity contribution in [2.45, 2.75) is 26.4 Å². The monoisotopic (exact) mass is 383 g/mol. The number of hydrogen-bond acceptors (Lipinski definition) is 3. The van der Waals surface area contributed by atoms with Crippen LogP contribution >= 0.6 is 15.9 Å². The minimum absolute atomic E-state index is 0.156. The molecule has 6 nitrogen and oxygen atoms in total. The number of anilines is 1. The van der Waals surface area contributed by atoms with Crippen LogP contribution in [0.15, 0.2) is 28.7 Å². The summed E-state index contributed by atoms with van der Waals surface area (Å²) in [4.78, 5) is 27.6. The third-order valence-corrected chi connectivity index (χ3v) is 3.84. The van der Waals surface area contributed by atoms with Gasteiger partial charge in [-0.05, 0) is 45.0 Å². The molecule has 0 unspecified atom stereocenters. The highest BCUT2D eigenvalue weighted by Crippen LogP contribution is 2.16. The molecule has 1 N–H and O–H groups in total. The fourth-order valence-corrected chi connectivity index (χ4v) is 2.42. The summed E-state index contributed by atoms with van der Waals surface area (Å²) < 4.78 is 6.30. The fourth-order valence-electron chi connectivity index (χ4n) is 2.15. The van der Waals surface area contributed by atoms with Crippen LogP contribution in [-0.2, 0) is 4.74 Å². The number of halogens is 1. The number of piperazine rings is 1. The Hall–Kier alpha value is -1.76. The molecule has 126 valence electrons. The van der Waals surface area contributed by atoms with Gasteiger partial charge in [-0.1, -0.05) is 15.9 Å². The Kier molecular flexibility index (Phi) is 5.51. The zero-order valence-electron chi connectivity index (χ0n) is 13.6. The maximum atomic E-state index is 12.2. The smallest absolute Gasteiger partial charge is 0.410 e. The molecule has 3 amide bonds. The average molecular weight is 384 g/mol. The standard InChI is InChI=1S/C16H22BrN3O3/c1-16(2,3)23-15(22)20-10-8-19(9-11-20)14(21)18-13-6-4-12(17)5-7-13/h4-7H,8-11H2,1-3H3,(H,18,21). The minimum atomic E-state index is -0.507. The molecule has 1 aromatic rings. The van der Waals surface area contributed by atoms with Gasteiger partial charge in [0.05, 0.1) is 0 Å². The van der Waals surface area contributed by atoms with Crippen LogP contribution < -0.4 is 5.32 Å². The number of urea groups is 1. The van der Waals surface area contributed by atoms with Crippen molar-refractivity contribution in [3.63, 3.8) is 0 Å². The first-order chi connectivity index (χ1) is 10.7. The average Bonchev–Trinajstić information content (AvgIpc) is 2.48. The van der Waals surface area contributed by atoms with Crippen molar-refractivity contribution in [1.29, 1.82) is 0 Å². The SMILES string of the molecule is CC(C)(C)OC(=O)N1CCN(C(=O)Nc2ccc(Br)cc2)CC1. The normalized spacial score (nSPS) is 15.3. The quantitative estimate of drug-likeness (QED) is 0.806. The third kappa shape index (κ3) is 5.42. The highest BCUT2D eigenvalue weighted by molar-refractivity contribution is 9.10. The second-order valence-electron chi connectivity index (χ2n) is 6.39. The largest absolute Gasteiger partial charge is 0.444 e. The van der Waals surface area contributed by atoms with E-state index in [1.807, 2.05) is 45.0 Å². The summed E-state index contributed by atoms with van der Waals surface area (Å²) in [6.45, 7) is 7.45. The van der Waals surface area contributed by atoms with Gasteiger partial charge < -0.3 is 19.9 Å². The van der Waals surface area contributed by atoms with Crippen molar-refractivity contribution in [3.8, 4) is 0 Å². The van der Waals surface area contributed by atoms with E-state index >= 15 is 0 Å². The molecule has 1 aromatic carbocycles. The molecule has 7 heteroatoms. The van der Waals surface area contributed by atoms with Gasteiger partial charge in [0.2, 0.25) is 0 Å². The van der Waals surface area contributed by atoms with Crippen LogP contribution in [0.2, 0.25) is 0 Å². The first-order valence-electron chi connectivity index (χ1n) is 7.54. The number of nitrogens with zero attached hydrogens (tertiary/aromatic N) is 2. The van der Waals surface area contributed by atoms with Gasteiger partial charge in [0, 0.05) is 36.3 Å². The van der Waals surface area contributed by atoms with Crippen LogP contribution in [0.1, 0.15) is 20.8 Å². The van der Waals surface area contributed by atoms with Crippen LogP contribution in [-0.4, -0.2) is 53.7 Å². The summed E-state index contributed by atoms with van der Waals surface area (Å²) in [5, 5.41) is 2.85. The molecule has 0 aliphatic carbocycles. The molecule has 1 aliphatic heterocycles. The van der Waals surface area contributed by atoms with Crippen molar-refractivity contribution in [2.75, 3.05) is 31.5 Å². The summed E-state index contributed by atoms with van der Waals surface area (Å²) in [6.07, 6.45) is -0.328. The van der Waals surface area contributed by atoms with E-state index < -0.39 is 5.60 Å². The van der Waals surface area contributed by atoms with Gasteiger partial charge in [0.25, 0.3) is 0 Å². The van der Waals surface area contributed by atoms with E-state index in [0.717, 1.165) is 10.2 Å². The lowest BCUT2D eigenvalue weighted by molar-refractivity contribution is 0.0174. The Morgan fingerprint density at radius 2 is 1.57 bits per heavy atom. The molecule has 1 aliphatic rings. The summed E-state index contributed by atoms with van der Waals surface area (Å²) >= 11 is 3.36. The van der Waals surface area contributed by atoms with Crippen molar-refractivity contribution in [2.24, 2.45) is 0 Å². The van der Waals surface area contributed by atoms with Crippen LogP contribution in [0, 0.1) is 0 Å². The Morgan fingerprint density at radius 3 is 2.09 bits per heavy atom. The molecule has 23 heavy (non-hydrogen) atoms. The van der Waals surface area contributed by atoms with Crippen molar-refractivity contribution >= 4 is 33.7 Å². The van der Waals surface area contributed by atoms with Gasteiger partial charge >= 0.3 is 12.1 Å². The van der Waals surface area contributed by atoms with Gasteiger partial charge in [-0.25, -0.2) is 9.59 Å². The molecule has 0 atom stereocenters. The molecular weight excluding hydrogens is 362 g/mol. The molecule has 0 bridgehead atoms. The number of hydrogen-bond donors (Lipinski definition) is 1. The maximum absolute atomic E-state index is 12.2. The van der Waals surface area contributed by atoms with E-state index in [-0.39, 0.29) is 12.1 Å². The molecular formula is C16H22BrN3O3. The molecule has 1 saturated heterocycles. The predicted molar refractivity (Wildman–Crippen MR) is 92.5 cm³/mol. The fraction of sp³-hybridized carbons (Fsp3) is 0.500. The molecule has 0 aromatic heterocycles. The van der Waals surface area contributed by atoms with Crippen LogP contribution in [0.4, 0.5) is 15.3 Å². The number of benzene rings is 1. The zero-order chi connectivity index (χ0) is 17.0. The molecule has 1 heterocycles. The topological polar surface area (TPSA) is 61.9 Å². The molecule has 1 fully saturated rings. The van der Waals surface area contributed by atoms with Crippen LogP contribution in [0.25, 0.3) is 0 Å². The Morgan fingerprint density at radius 1 is 1.04 bits per heavy atom. The van der Waals surface area contributed by atoms with E-state index in [9.17, 15) is 9.59 Å². The van der Waals surface area contributed by atoms with Gasteiger partial charge in [0.15, 0.2) is 0 Å². The Labute approximate surface area is 144 Å². The highest BCUT2D eigenvalue weighted by Gasteiger charge is 2.27. The summed E-state index contributed by atoms with van der Waals surface area (Å²) in [7, 11) is 0. The van der Waals surface area contributed by atoms with Crippen LogP contribution in [0.5, 0.6) is 0 Å². The molecule has 0 spiro atoms. The number of nitrogens with one attached hydrogen (secondary N) is 1. The van der Waals surface area contributed by atoms with E-state index in [1.165, 1.54) is 0 Å². The van der Waals surface area contributed by atoms with Gasteiger partial charge in [-0.2, -0.15) is 0 Å². The Bertz CT molecular complexity index is 561. The predicted octanol–water partition coefficient (Wildman–Crippen LogP) is 3.53. The van der Waals surface area contributed by atoms with Gasteiger partial charge in [0.1, 0.15) is 5.60 Å². The number of rotatable bonds is 1. The maximum Gasteiger partial charge on any atom is 0.410 e. The van der Waals surface area contributed by atoms with Crippen molar-refractivity contribution in [3.05, 3.63) is 28.7 Å². The minimum Gasteiger partial charge on any atom is -0.444 e. The highest BCUT2D eigenvalue weighted by atomic mass is 79.9. The van der Waals surface area contributed by atoms with Crippen molar-refractivity contribution in [1.82, 2.24) is 9.80 Å². The first kappa shape index (κ1) is 17.6. The number of carbonyl (C=O) groups excluding carboxylic acids is 2.